The number of halogens is 1. The van der Waals surface area contributed by atoms with E-state index in [4.69, 9.17) is 4.74 Å². The maximum atomic E-state index is 5.26. The molecule has 0 N–H and O–H groups in total. The number of alkyl halides is 1. The molecule has 3 heteroatoms. The van der Waals surface area contributed by atoms with E-state index in [9.17, 15) is 0 Å². The van der Waals surface area contributed by atoms with Crippen LogP contribution in [-0.4, -0.2) is 30.6 Å². The Hall–Kier alpha value is 0.790. The van der Waals surface area contributed by atoms with Crippen molar-refractivity contribution >= 4 is 27.7 Å². The van der Waals surface area contributed by atoms with Crippen molar-refractivity contribution in [2.75, 3.05) is 30.6 Å². The second-order valence-electron chi connectivity index (χ2n) is 1.65. The summed E-state index contributed by atoms with van der Waals surface area (Å²) in [7, 11) is 0. The number of thioether (sulfide) groups is 1. The van der Waals surface area contributed by atoms with Gasteiger partial charge in [-0.15, -0.1) is 0 Å². The summed E-state index contributed by atoms with van der Waals surface area (Å²) in [6.45, 7) is 1.79. The summed E-state index contributed by atoms with van der Waals surface area (Å²) in [5, 5.41) is 1.05. The summed E-state index contributed by atoms with van der Waals surface area (Å²) < 4.78 is 5.26. The quantitative estimate of drug-likeness (QED) is 0.494. The molecule has 0 unspecified atom stereocenters. The molecule has 0 amide bonds. The molecule has 0 spiro atoms. The summed E-state index contributed by atoms with van der Waals surface area (Å²) in [5.41, 5.74) is 0. The second kappa shape index (κ2) is 8.79. The van der Waals surface area contributed by atoms with E-state index in [1.807, 2.05) is 11.8 Å². The molecule has 0 rings (SSSR count). The van der Waals surface area contributed by atoms with Crippen LogP contribution in [0.1, 0.15) is 6.42 Å². The predicted octanol–water partition coefficient (Wildman–Crippen LogP) is 2.15. The zero-order valence-corrected chi connectivity index (χ0v) is 8.13. The van der Waals surface area contributed by atoms with Gasteiger partial charge in [-0.3, -0.25) is 0 Å². The Kier molecular flexibility index (Phi) is 9.56. The lowest BCUT2D eigenvalue weighted by atomic mass is 10.5. The van der Waals surface area contributed by atoms with Gasteiger partial charge in [0.05, 0.1) is 6.61 Å². The average molecular weight is 213 g/mol. The van der Waals surface area contributed by atoms with Gasteiger partial charge in [-0.2, -0.15) is 11.8 Å². The van der Waals surface area contributed by atoms with Gasteiger partial charge in [0.15, 0.2) is 0 Å². The Bertz CT molecular complexity index is 46.3. The van der Waals surface area contributed by atoms with Gasteiger partial charge in [-0.25, -0.2) is 0 Å². The van der Waals surface area contributed by atoms with Crippen LogP contribution in [0.15, 0.2) is 0 Å². The third-order valence-electron chi connectivity index (χ3n) is 0.854. The summed E-state index contributed by atoms with van der Waals surface area (Å²) in [5.74, 6) is 1.11. The third kappa shape index (κ3) is 8.79. The van der Waals surface area contributed by atoms with Crippen LogP contribution >= 0.6 is 27.7 Å². The Morgan fingerprint density at radius 1 is 1.44 bits per heavy atom. The van der Waals surface area contributed by atoms with Crippen LogP contribution in [0.25, 0.3) is 0 Å². The van der Waals surface area contributed by atoms with Crippen LogP contribution in [0.4, 0.5) is 0 Å². The van der Waals surface area contributed by atoms with Crippen molar-refractivity contribution in [1.29, 1.82) is 0 Å². The van der Waals surface area contributed by atoms with E-state index in [1.54, 1.807) is 0 Å². The Balaban J connectivity index is 2.60. The second-order valence-corrected chi connectivity index (χ2v) is 3.43. The minimum atomic E-state index is 0.895. The third-order valence-corrected chi connectivity index (χ3v) is 1.99. The zero-order chi connectivity index (χ0) is 6.95. The molecule has 1 nitrogen and oxygen atoms in total. The molecule has 0 aromatic rings. The number of hydrogen-bond donors (Lipinski definition) is 0. The molecule has 9 heavy (non-hydrogen) atoms. The van der Waals surface area contributed by atoms with Crippen LogP contribution in [0.2, 0.25) is 0 Å². The fourth-order valence-electron chi connectivity index (χ4n) is 0.401. The van der Waals surface area contributed by atoms with E-state index in [2.05, 4.69) is 22.2 Å². The smallest absolute Gasteiger partial charge is 0.0556 e. The predicted molar refractivity (Wildman–Crippen MR) is 47.6 cm³/mol. The molecule has 0 aromatic heterocycles. The van der Waals surface area contributed by atoms with Gasteiger partial charge in [-0.05, 0) is 12.7 Å². The molecule has 56 valence electrons. The van der Waals surface area contributed by atoms with Crippen LogP contribution in [0.5, 0.6) is 0 Å². The van der Waals surface area contributed by atoms with Gasteiger partial charge in [0.25, 0.3) is 0 Å². The molecule has 0 fully saturated rings. The highest BCUT2D eigenvalue weighted by Gasteiger charge is 1.85. The number of rotatable bonds is 6. The zero-order valence-electron chi connectivity index (χ0n) is 5.73. The fraction of sp³-hybridized carbons (Fsp3) is 1.00. The molecule has 0 aliphatic heterocycles. The van der Waals surface area contributed by atoms with Gasteiger partial charge in [0, 0.05) is 17.7 Å². The van der Waals surface area contributed by atoms with Crippen molar-refractivity contribution in [1.82, 2.24) is 0 Å². The Labute approximate surface area is 69.7 Å². The molecule has 0 aliphatic carbocycles. The average Bonchev–Trinajstić information content (AvgIpc) is 1.89. The van der Waals surface area contributed by atoms with E-state index in [1.165, 1.54) is 0 Å². The van der Waals surface area contributed by atoms with E-state index in [0.29, 0.717) is 0 Å². The Morgan fingerprint density at radius 2 is 2.22 bits per heavy atom. The van der Waals surface area contributed by atoms with Crippen molar-refractivity contribution in [2.45, 2.75) is 6.42 Å². The summed E-state index contributed by atoms with van der Waals surface area (Å²) >= 11 is 5.16. The normalized spacial score (nSPS) is 10.0. The van der Waals surface area contributed by atoms with Gasteiger partial charge >= 0.3 is 0 Å². The fourth-order valence-corrected chi connectivity index (χ4v) is 0.914. The molecule has 0 bridgehead atoms. The molecule has 0 heterocycles. The standard InChI is InChI=1S/C6H13BrOS/c1-9-6-5-8-4-2-3-7/h2-6H2,1H3. The van der Waals surface area contributed by atoms with Gasteiger partial charge in [-0.1, -0.05) is 15.9 Å². The number of hydrogen-bond acceptors (Lipinski definition) is 2. The SMILES string of the molecule is CSCCOCCCBr. The largest absolute Gasteiger partial charge is 0.381 e. The first-order valence-electron chi connectivity index (χ1n) is 3.04. The highest BCUT2D eigenvalue weighted by Crippen LogP contribution is 1.92. The van der Waals surface area contributed by atoms with Crippen molar-refractivity contribution in [3.63, 3.8) is 0 Å². The molecule has 0 saturated heterocycles. The van der Waals surface area contributed by atoms with E-state index >= 15 is 0 Å². The minimum Gasteiger partial charge on any atom is -0.381 e. The monoisotopic (exact) mass is 212 g/mol. The highest BCUT2D eigenvalue weighted by molar-refractivity contribution is 9.09. The van der Waals surface area contributed by atoms with Crippen molar-refractivity contribution in [3.05, 3.63) is 0 Å². The number of ether oxygens (including phenoxy) is 1. The van der Waals surface area contributed by atoms with Crippen LogP contribution in [0.3, 0.4) is 0 Å². The minimum absolute atomic E-state index is 0.895. The molecular weight excluding hydrogens is 200 g/mol. The van der Waals surface area contributed by atoms with Crippen LogP contribution in [-0.2, 0) is 4.74 Å². The maximum Gasteiger partial charge on any atom is 0.0556 e. The maximum absolute atomic E-state index is 5.26. The highest BCUT2D eigenvalue weighted by atomic mass is 79.9. The van der Waals surface area contributed by atoms with Gasteiger partial charge < -0.3 is 4.74 Å². The molecule has 0 saturated carbocycles. The van der Waals surface area contributed by atoms with Crippen molar-refractivity contribution < 1.29 is 4.74 Å². The first-order valence-corrected chi connectivity index (χ1v) is 5.56. The summed E-state index contributed by atoms with van der Waals surface area (Å²) in [4.78, 5) is 0. The van der Waals surface area contributed by atoms with Gasteiger partial charge in [0.2, 0.25) is 0 Å². The summed E-state index contributed by atoms with van der Waals surface area (Å²) in [6, 6.07) is 0. The molecule has 0 radical (unpaired) electrons. The van der Waals surface area contributed by atoms with Crippen LogP contribution in [0, 0.1) is 0 Å². The van der Waals surface area contributed by atoms with E-state index in [0.717, 1.165) is 30.7 Å². The van der Waals surface area contributed by atoms with Crippen LogP contribution < -0.4 is 0 Å². The molecule has 0 atom stereocenters. The first kappa shape index (κ1) is 9.79. The lowest BCUT2D eigenvalue weighted by Crippen LogP contribution is -1.98. The molecule has 0 aliphatic rings. The van der Waals surface area contributed by atoms with E-state index < -0.39 is 0 Å². The lowest BCUT2D eigenvalue weighted by molar-refractivity contribution is 0.152. The molecule has 0 aromatic carbocycles. The van der Waals surface area contributed by atoms with Gasteiger partial charge in [0.1, 0.15) is 0 Å². The van der Waals surface area contributed by atoms with Crippen molar-refractivity contribution in [2.24, 2.45) is 0 Å². The lowest BCUT2D eigenvalue weighted by Gasteiger charge is -1.99. The topological polar surface area (TPSA) is 9.23 Å². The summed E-state index contributed by atoms with van der Waals surface area (Å²) in [6.07, 6.45) is 3.21. The Morgan fingerprint density at radius 3 is 2.78 bits per heavy atom. The first-order chi connectivity index (χ1) is 4.41. The van der Waals surface area contributed by atoms with E-state index in [-0.39, 0.29) is 0 Å². The van der Waals surface area contributed by atoms with Crippen molar-refractivity contribution in [3.8, 4) is 0 Å². The molecular formula is C6H13BrOS.